The lowest BCUT2D eigenvalue weighted by molar-refractivity contribution is -0.139. The predicted molar refractivity (Wildman–Crippen MR) is 81.4 cm³/mol. The summed E-state index contributed by atoms with van der Waals surface area (Å²) in [6.45, 7) is 7.42. The molecule has 0 bridgehead atoms. The summed E-state index contributed by atoms with van der Waals surface area (Å²) in [6, 6.07) is 10.6. The number of esters is 1. The highest BCUT2D eigenvalue weighted by molar-refractivity contribution is 8.00. The summed E-state index contributed by atoms with van der Waals surface area (Å²) >= 11 is 1.63. The fraction of sp³-hybridized carbons (Fsp3) is 0.533. The van der Waals surface area contributed by atoms with Gasteiger partial charge in [-0.1, -0.05) is 44.2 Å². The summed E-state index contributed by atoms with van der Waals surface area (Å²) < 4.78 is 4.96. The van der Waals surface area contributed by atoms with Gasteiger partial charge in [-0.15, -0.1) is 11.8 Å². The van der Waals surface area contributed by atoms with Crippen LogP contribution in [0.3, 0.4) is 0 Å². The molecule has 0 heterocycles. The molecule has 4 heteroatoms. The molecule has 0 aliphatic carbocycles. The molecule has 0 spiro atoms. The first kappa shape index (κ1) is 16.1. The Morgan fingerprint density at radius 1 is 1.32 bits per heavy atom. The minimum atomic E-state index is -0.136. The Morgan fingerprint density at radius 3 is 2.58 bits per heavy atom. The van der Waals surface area contributed by atoms with Gasteiger partial charge in [0, 0.05) is 11.3 Å². The molecular formula is C15H23NO2S. The first-order valence-electron chi connectivity index (χ1n) is 6.74. The van der Waals surface area contributed by atoms with Crippen LogP contribution < -0.4 is 5.32 Å². The van der Waals surface area contributed by atoms with Crippen LogP contribution in [-0.2, 0) is 9.53 Å². The summed E-state index contributed by atoms with van der Waals surface area (Å²) in [5.74, 6) is 0.270. The molecule has 0 aliphatic heterocycles. The van der Waals surface area contributed by atoms with Crippen molar-refractivity contribution in [3.8, 4) is 0 Å². The van der Waals surface area contributed by atoms with E-state index in [1.807, 2.05) is 25.1 Å². The smallest absolute Gasteiger partial charge is 0.315 e. The number of ether oxygens (including phenoxy) is 1. The van der Waals surface area contributed by atoms with Crippen molar-refractivity contribution in [2.45, 2.75) is 32.1 Å². The molecule has 2 unspecified atom stereocenters. The number of carbonyl (C=O) groups excluding carboxylic acids is 1. The minimum Gasteiger partial charge on any atom is -0.465 e. The van der Waals surface area contributed by atoms with Crippen LogP contribution in [0.15, 0.2) is 30.3 Å². The van der Waals surface area contributed by atoms with Crippen molar-refractivity contribution in [3.05, 3.63) is 35.9 Å². The van der Waals surface area contributed by atoms with Gasteiger partial charge in [0.05, 0.1) is 12.4 Å². The predicted octanol–water partition coefficient (Wildman–Crippen LogP) is 3.02. The molecule has 1 rings (SSSR count). The Balaban J connectivity index is 2.58. The zero-order chi connectivity index (χ0) is 14.1. The molecular weight excluding hydrogens is 258 g/mol. The van der Waals surface area contributed by atoms with Crippen LogP contribution in [0.1, 0.15) is 32.4 Å². The molecule has 1 aromatic carbocycles. The fourth-order valence-corrected chi connectivity index (χ4v) is 2.86. The zero-order valence-electron chi connectivity index (χ0n) is 11.9. The molecule has 106 valence electrons. The molecule has 2 atom stereocenters. The van der Waals surface area contributed by atoms with Crippen LogP contribution in [0.5, 0.6) is 0 Å². The lowest BCUT2D eigenvalue weighted by atomic mass is 10.0. The first-order chi connectivity index (χ1) is 9.19. The second-order valence-electron chi connectivity index (χ2n) is 4.27. The normalized spacial score (nSPS) is 13.8. The van der Waals surface area contributed by atoms with Gasteiger partial charge in [-0.05, 0) is 19.0 Å². The number of rotatable bonds is 8. The number of nitrogens with one attached hydrogen (secondary N) is 1. The van der Waals surface area contributed by atoms with E-state index in [-0.39, 0.29) is 12.0 Å². The fourth-order valence-electron chi connectivity index (χ4n) is 1.93. The maximum absolute atomic E-state index is 11.4. The Bertz CT molecular complexity index is 370. The average Bonchev–Trinajstić information content (AvgIpc) is 2.43. The van der Waals surface area contributed by atoms with Crippen molar-refractivity contribution in [3.63, 3.8) is 0 Å². The van der Waals surface area contributed by atoms with Crippen LogP contribution >= 0.6 is 11.8 Å². The number of carbonyl (C=O) groups is 1. The topological polar surface area (TPSA) is 38.3 Å². The zero-order valence-corrected chi connectivity index (χ0v) is 12.7. The third kappa shape index (κ3) is 5.66. The van der Waals surface area contributed by atoms with E-state index in [1.54, 1.807) is 11.8 Å². The van der Waals surface area contributed by atoms with E-state index in [2.05, 4.69) is 31.3 Å². The third-order valence-electron chi connectivity index (χ3n) is 2.82. The standard InChI is InChI=1S/C15H23NO2S/c1-4-16-15(13-9-7-6-8-10-13)12(3)19-11-14(17)18-5-2/h6-10,12,15-16H,4-5,11H2,1-3H3. The average molecular weight is 281 g/mol. The first-order valence-corrected chi connectivity index (χ1v) is 7.79. The second kappa shape index (κ2) is 8.99. The highest BCUT2D eigenvalue weighted by atomic mass is 32.2. The van der Waals surface area contributed by atoms with E-state index in [1.165, 1.54) is 5.56 Å². The Labute approximate surface area is 120 Å². The lowest BCUT2D eigenvalue weighted by Gasteiger charge is -2.24. The molecule has 0 radical (unpaired) electrons. The van der Waals surface area contributed by atoms with Gasteiger partial charge >= 0.3 is 5.97 Å². The molecule has 3 nitrogen and oxygen atoms in total. The van der Waals surface area contributed by atoms with E-state index < -0.39 is 0 Å². The summed E-state index contributed by atoms with van der Waals surface area (Å²) in [7, 11) is 0. The number of hydrogen-bond acceptors (Lipinski definition) is 4. The monoisotopic (exact) mass is 281 g/mol. The van der Waals surface area contributed by atoms with Crippen LogP contribution in [0, 0.1) is 0 Å². The van der Waals surface area contributed by atoms with Crippen molar-refractivity contribution < 1.29 is 9.53 Å². The van der Waals surface area contributed by atoms with Crippen molar-refractivity contribution in [2.75, 3.05) is 18.9 Å². The minimum absolute atomic E-state index is 0.136. The van der Waals surface area contributed by atoms with E-state index in [0.29, 0.717) is 17.6 Å². The molecule has 0 amide bonds. The van der Waals surface area contributed by atoms with Gasteiger partial charge in [0.15, 0.2) is 0 Å². The van der Waals surface area contributed by atoms with E-state index in [9.17, 15) is 4.79 Å². The van der Waals surface area contributed by atoms with Gasteiger partial charge in [0.25, 0.3) is 0 Å². The Morgan fingerprint density at radius 2 is 2.00 bits per heavy atom. The van der Waals surface area contributed by atoms with Gasteiger partial charge in [0.2, 0.25) is 0 Å². The molecule has 1 aromatic rings. The summed E-state index contributed by atoms with van der Waals surface area (Å²) in [4.78, 5) is 11.4. The largest absolute Gasteiger partial charge is 0.465 e. The molecule has 0 fully saturated rings. The maximum Gasteiger partial charge on any atom is 0.315 e. The number of thioether (sulfide) groups is 1. The Kier molecular flexibility index (Phi) is 7.60. The van der Waals surface area contributed by atoms with Crippen molar-refractivity contribution in [2.24, 2.45) is 0 Å². The second-order valence-corrected chi connectivity index (χ2v) is 5.63. The molecule has 1 N–H and O–H groups in total. The van der Waals surface area contributed by atoms with E-state index in [0.717, 1.165) is 6.54 Å². The van der Waals surface area contributed by atoms with Crippen molar-refractivity contribution in [1.82, 2.24) is 5.32 Å². The van der Waals surface area contributed by atoms with Crippen molar-refractivity contribution in [1.29, 1.82) is 0 Å². The third-order valence-corrected chi connectivity index (χ3v) is 4.02. The van der Waals surface area contributed by atoms with Crippen molar-refractivity contribution >= 4 is 17.7 Å². The molecule has 0 aromatic heterocycles. The van der Waals surface area contributed by atoms with Crippen LogP contribution in [-0.4, -0.2) is 30.1 Å². The summed E-state index contributed by atoms with van der Waals surface area (Å²) in [5.41, 5.74) is 1.26. The van der Waals surface area contributed by atoms with Gasteiger partial charge in [-0.2, -0.15) is 0 Å². The van der Waals surface area contributed by atoms with E-state index in [4.69, 9.17) is 4.74 Å². The van der Waals surface area contributed by atoms with Gasteiger partial charge < -0.3 is 10.1 Å². The van der Waals surface area contributed by atoms with Crippen LogP contribution in [0.2, 0.25) is 0 Å². The van der Waals surface area contributed by atoms with Crippen LogP contribution in [0.4, 0.5) is 0 Å². The SMILES string of the molecule is CCNC(c1ccccc1)C(C)SCC(=O)OCC. The molecule has 0 saturated heterocycles. The molecule has 19 heavy (non-hydrogen) atoms. The molecule has 0 saturated carbocycles. The maximum atomic E-state index is 11.4. The summed E-state index contributed by atoms with van der Waals surface area (Å²) in [5, 5.41) is 3.79. The highest BCUT2D eigenvalue weighted by Crippen LogP contribution is 2.26. The van der Waals surface area contributed by atoms with Gasteiger partial charge in [0.1, 0.15) is 0 Å². The summed E-state index contributed by atoms with van der Waals surface area (Å²) in [6.07, 6.45) is 0. The van der Waals surface area contributed by atoms with Gasteiger partial charge in [-0.3, -0.25) is 4.79 Å². The van der Waals surface area contributed by atoms with Gasteiger partial charge in [-0.25, -0.2) is 0 Å². The highest BCUT2D eigenvalue weighted by Gasteiger charge is 2.19. The number of benzene rings is 1. The quantitative estimate of drug-likeness (QED) is 0.743. The Hall–Kier alpha value is -1.00. The number of hydrogen-bond donors (Lipinski definition) is 1. The molecule has 0 aliphatic rings. The van der Waals surface area contributed by atoms with Crippen LogP contribution in [0.25, 0.3) is 0 Å². The lowest BCUT2D eigenvalue weighted by Crippen LogP contribution is -2.29. The van der Waals surface area contributed by atoms with E-state index >= 15 is 0 Å².